The first-order chi connectivity index (χ1) is 8.99. The number of anilines is 1. The highest BCUT2D eigenvalue weighted by molar-refractivity contribution is 5.97. The predicted octanol–water partition coefficient (Wildman–Crippen LogP) is 1.60. The minimum atomic E-state index is -0.866. The minimum absolute atomic E-state index is 0.131. The van der Waals surface area contributed by atoms with Gasteiger partial charge in [0.1, 0.15) is 23.9 Å². The van der Waals surface area contributed by atoms with Crippen molar-refractivity contribution in [1.82, 2.24) is 5.32 Å². The van der Waals surface area contributed by atoms with Crippen molar-refractivity contribution >= 4 is 17.5 Å². The maximum atomic E-state index is 13.6. The van der Waals surface area contributed by atoms with E-state index in [1.165, 1.54) is 6.07 Å². The Balaban J connectivity index is 2.19. The average Bonchev–Trinajstić information content (AvgIpc) is 3.11. The van der Waals surface area contributed by atoms with Gasteiger partial charge >= 0.3 is 0 Å². The molecule has 0 aromatic heterocycles. The fourth-order valence-electron chi connectivity index (χ4n) is 1.74. The van der Waals surface area contributed by atoms with Crippen LogP contribution in [0.3, 0.4) is 0 Å². The fourth-order valence-corrected chi connectivity index (χ4v) is 1.74. The molecule has 0 atom stereocenters. The second kappa shape index (κ2) is 5.34. The smallest absolute Gasteiger partial charge is 0.240 e. The lowest BCUT2D eigenvalue weighted by Gasteiger charge is -2.21. The Kier molecular flexibility index (Phi) is 3.78. The number of para-hydroxylation sites is 1. The van der Waals surface area contributed by atoms with Crippen molar-refractivity contribution in [2.24, 2.45) is 0 Å². The Morgan fingerprint density at radius 3 is 2.37 bits per heavy atom. The van der Waals surface area contributed by atoms with Gasteiger partial charge in [-0.3, -0.25) is 14.5 Å². The highest BCUT2D eigenvalue weighted by Crippen LogP contribution is 2.23. The van der Waals surface area contributed by atoms with Crippen LogP contribution in [0.4, 0.5) is 14.5 Å². The summed E-state index contributed by atoms with van der Waals surface area (Å²) in [5, 5.41) is 2.67. The molecule has 0 unspecified atom stereocenters. The summed E-state index contributed by atoms with van der Waals surface area (Å²) in [6, 6.07) is 3.43. The zero-order valence-corrected chi connectivity index (χ0v) is 10.5. The molecule has 1 aliphatic rings. The third-order valence-electron chi connectivity index (χ3n) is 2.83. The Hall–Kier alpha value is -1.98. The largest absolute Gasteiger partial charge is 0.352 e. The van der Waals surface area contributed by atoms with Crippen LogP contribution >= 0.6 is 0 Å². The van der Waals surface area contributed by atoms with Gasteiger partial charge in [-0.15, -0.1) is 0 Å². The SMILES string of the molecule is CC(=O)N(CC(=O)NC1CC1)c1c(F)cccc1F. The quantitative estimate of drug-likeness (QED) is 0.901. The van der Waals surface area contributed by atoms with E-state index in [4.69, 9.17) is 0 Å². The number of carbonyl (C=O) groups excluding carboxylic acids is 2. The highest BCUT2D eigenvalue weighted by Gasteiger charge is 2.27. The molecule has 1 fully saturated rings. The Labute approximate surface area is 109 Å². The van der Waals surface area contributed by atoms with Gasteiger partial charge in [0.25, 0.3) is 0 Å². The van der Waals surface area contributed by atoms with Gasteiger partial charge in [-0.25, -0.2) is 8.78 Å². The second-order valence-electron chi connectivity index (χ2n) is 4.52. The van der Waals surface area contributed by atoms with Crippen LogP contribution in [0.25, 0.3) is 0 Å². The van der Waals surface area contributed by atoms with Crippen molar-refractivity contribution in [3.05, 3.63) is 29.8 Å². The summed E-state index contributed by atoms with van der Waals surface area (Å²) in [5.41, 5.74) is -0.485. The lowest BCUT2D eigenvalue weighted by Crippen LogP contribution is -2.41. The van der Waals surface area contributed by atoms with Crippen LogP contribution in [0.2, 0.25) is 0 Å². The standard InChI is InChI=1S/C13H14F2N2O2/c1-8(18)17(7-12(19)16-9-5-6-9)13-10(14)3-2-4-11(13)15/h2-4,9H,5-7H2,1H3,(H,16,19). The molecule has 2 amide bonds. The number of carbonyl (C=O) groups is 2. The fraction of sp³-hybridized carbons (Fsp3) is 0.385. The summed E-state index contributed by atoms with van der Waals surface area (Å²) in [5.74, 6) is -2.74. The summed E-state index contributed by atoms with van der Waals surface area (Å²) < 4.78 is 27.2. The number of benzene rings is 1. The van der Waals surface area contributed by atoms with Crippen LogP contribution in [-0.4, -0.2) is 24.4 Å². The molecule has 0 bridgehead atoms. The lowest BCUT2D eigenvalue weighted by atomic mass is 10.2. The van der Waals surface area contributed by atoms with E-state index in [9.17, 15) is 18.4 Å². The molecule has 0 heterocycles. The molecule has 0 saturated heterocycles. The molecule has 6 heteroatoms. The van der Waals surface area contributed by atoms with Crippen LogP contribution in [0.1, 0.15) is 19.8 Å². The zero-order valence-electron chi connectivity index (χ0n) is 10.5. The molecule has 1 N–H and O–H groups in total. The van der Waals surface area contributed by atoms with Crippen LogP contribution in [-0.2, 0) is 9.59 Å². The van der Waals surface area contributed by atoms with Gasteiger partial charge in [0.05, 0.1) is 0 Å². The highest BCUT2D eigenvalue weighted by atomic mass is 19.1. The second-order valence-corrected chi connectivity index (χ2v) is 4.52. The van der Waals surface area contributed by atoms with Gasteiger partial charge in [0, 0.05) is 13.0 Å². The van der Waals surface area contributed by atoms with E-state index in [1.807, 2.05) is 0 Å². The van der Waals surface area contributed by atoms with E-state index in [-0.39, 0.29) is 12.6 Å². The number of hydrogen-bond donors (Lipinski definition) is 1. The Bertz CT molecular complexity index is 495. The molecule has 1 aliphatic carbocycles. The number of amides is 2. The van der Waals surface area contributed by atoms with Gasteiger partial charge < -0.3 is 5.32 Å². The van der Waals surface area contributed by atoms with Crippen molar-refractivity contribution in [2.45, 2.75) is 25.8 Å². The molecule has 0 aliphatic heterocycles. The molecule has 0 spiro atoms. The summed E-state index contributed by atoms with van der Waals surface area (Å²) in [6.07, 6.45) is 1.81. The van der Waals surface area contributed by atoms with Crippen LogP contribution in [0.5, 0.6) is 0 Å². The molecule has 102 valence electrons. The maximum Gasteiger partial charge on any atom is 0.240 e. The van der Waals surface area contributed by atoms with Crippen molar-refractivity contribution in [2.75, 3.05) is 11.4 Å². The third kappa shape index (κ3) is 3.27. The first-order valence-electron chi connectivity index (χ1n) is 6.00. The lowest BCUT2D eigenvalue weighted by molar-refractivity contribution is -0.123. The van der Waals surface area contributed by atoms with Gasteiger partial charge in [-0.05, 0) is 25.0 Å². The number of nitrogens with zero attached hydrogens (tertiary/aromatic N) is 1. The van der Waals surface area contributed by atoms with Crippen molar-refractivity contribution in [1.29, 1.82) is 0 Å². The monoisotopic (exact) mass is 268 g/mol. The molecular formula is C13H14F2N2O2. The van der Waals surface area contributed by atoms with Crippen LogP contribution < -0.4 is 10.2 Å². The summed E-state index contributed by atoms with van der Waals surface area (Å²) >= 11 is 0. The van der Waals surface area contributed by atoms with E-state index >= 15 is 0 Å². The molecule has 1 aromatic carbocycles. The molecule has 4 nitrogen and oxygen atoms in total. The average molecular weight is 268 g/mol. The van der Waals surface area contributed by atoms with Crippen molar-refractivity contribution in [3.63, 3.8) is 0 Å². The topological polar surface area (TPSA) is 49.4 Å². The maximum absolute atomic E-state index is 13.6. The first-order valence-corrected chi connectivity index (χ1v) is 6.00. The van der Waals surface area contributed by atoms with Crippen molar-refractivity contribution in [3.8, 4) is 0 Å². The van der Waals surface area contributed by atoms with E-state index in [1.54, 1.807) is 0 Å². The van der Waals surface area contributed by atoms with Gasteiger partial charge in [0.15, 0.2) is 0 Å². The number of hydrogen-bond acceptors (Lipinski definition) is 2. The number of halogens is 2. The zero-order chi connectivity index (χ0) is 14.0. The molecule has 19 heavy (non-hydrogen) atoms. The van der Waals surface area contributed by atoms with Crippen LogP contribution in [0, 0.1) is 11.6 Å². The molecule has 0 radical (unpaired) electrons. The Morgan fingerprint density at radius 1 is 1.32 bits per heavy atom. The van der Waals surface area contributed by atoms with E-state index in [2.05, 4.69) is 5.32 Å². The van der Waals surface area contributed by atoms with E-state index < -0.39 is 29.1 Å². The van der Waals surface area contributed by atoms with E-state index in [0.717, 1.165) is 36.8 Å². The normalized spacial score (nSPS) is 14.1. The summed E-state index contributed by atoms with van der Waals surface area (Å²) in [6.45, 7) is 0.778. The van der Waals surface area contributed by atoms with Gasteiger partial charge in [-0.1, -0.05) is 6.07 Å². The minimum Gasteiger partial charge on any atom is -0.352 e. The van der Waals surface area contributed by atoms with Gasteiger partial charge in [0.2, 0.25) is 11.8 Å². The third-order valence-corrected chi connectivity index (χ3v) is 2.83. The van der Waals surface area contributed by atoms with Crippen molar-refractivity contribution < 1.29 is 18.4 Å². The van der Waals surface area contributed by atoms with E-state index in [0.29, 0.717) is 0 Å². The molecule has 1 saturated carbocycles. The summed E-state index contributed by atoms with van der Waals surface area (Å²) in [7, 11) is 0. The number of rotatable bonds is 4. The molecule has 2 rings (SSSR count). The molecule has 1 aromatic rings. The van der Waals surface area contributed by atoms with Crippen LogP contribution in [0.15, 0.2) is 18.2 Å². The predicted molar refractivity (Wildman–Crippen MR) is 65.5 cm³/mol. The van der Waals surface area contributed by atoms with Gasteiger partial charge in [-0.2, -0.15) is 0 Å². The summed E-state index contributed by atoms with van der Waals surface area (Å²) in [4.78, 5) is 24.0. The number of nitrogens with one attached hydrogen (secondary N) is 1. The Morgan fingerprint density at radius 2 is 1.89 bits per heavy atom. The molecular weight excluding hydrogens is 254 g/mol. The first kappa shape index (κ1) is 13.5.